The lowest BCUT2D eigenvalue weighted by molar-refractivity contribution is -0.122. The van der Waals surface area contributed by atoms with Crippen LogP contribution in [-0.2, 0) is 11.2 Å². The normalized spacial score (nSPS) is 20.4. The Balaban J connectivity index is 1.56. The van der Waals surface area contributed by atoms with Gasteiger partial charge < -0.3 is 10.6 Å². The molecule has 0 aliphatic carbocycles. The minimum atomic E-state index is -0.841. The smallest absolute Gasteiger partial charge is 0.220 e. The molecule has 25 heavy (non-hydrogen) atoms. The van der Waals surface area contributed by atoms with Crippen LogP contribution >= 0.6 is 11.3 Å². The van der Waals surface area contributed by atoms with Gasteiger partial charge in [0.1, 0.15) is 0 Å². The summed E-state index contributed by atoms with van der Waals surface area (Å²) in [7, 11) is 0. The van der Waals surface area contributed by atoms with E-state index in [0.29, 0.717) is 13.0 Å². The molecule has 1 fully saturated rings. The van der Waals surface area contributed by atoms with Crippen molar-refractivity contribution in [2.24, 2.45) is 0 Å². The molecule has 2 N–H and O–H groups in total. The Hall–Kier alpha value is -1.79. The van der Waals surface area contributed by atoms with Gasteiger partial charge in [0, 0.05) is 29.8 Å². The molecule has 1 aromatic carbocycles. The Morgan fingerprint density at radius 3 is 2.92 bits per heavy atom. The van der Waals surface area contributed by atoms with Gasteiger partial charge >= 0.3 is 0 Å². The van der Waals surface area contributed by atoms with Crippen LogP contribution in [0.3, 0.4) is 0 Å². The van der Waals surface area contributed by atoms with Crippen LogP contribution in [0.25, 0.3) is 0 Å². The molecule has 1 aromatic heterocycles. The predicted octanol–water partition coefficient (Wildman–Crippen LogP) is 3.61. The number of nitrogens with one attached hydrogen (secondary N) is 2. The second kappa shape index (κ2) is 8.54. The van der Waals surface area contributed by atoms with Crippen molar-refractivity contribution in [3.05, 3.63) is 57.8 Å². The number of benzene rings is 1. The summed E-state index contributed by atoms with van der Waals surface area (Å²) in [5.74, 6) is -1.67. The maximum Gasteiger partial charge on any atom is 0.220 e. The van der Waals surface area contributed by atoms with Gasteiger partial charge in [-0.2, -0.15) is 0 Å². The number of piperidine rings is 1. The third-order valence-electron chi connectivity index (χ3n) is 4.61. The first-order valence-corrected chi connectivity index (χ1v) is 9.49. The van der Waals surface area contributed by atoms with Crippen LogP contribution in [0.1, 0.15) is 35.6 Å². The van der Waals surface area contributed by atoms with Gasteiger partial charge in [-0.1, -0.05) is 12.1 Å². The molecule has 0 saturated carbocycles. The molecule has 0 radical (unpaired) electrons. The van der Waals surface area contributed by atoms with Crippen molar-refractivity contribution >= 4 is 17.2 Å². The van der Waals surface area contributed by atoms with E-state index in [-0.39, 0.29) is 17.9 Å². The lowest BCUT2D eigenvalue weighted by Crippen LogP contribution is -2.50. The highest BCUT2D eigenvalue weighted by Crippen LogP contribution is 2.27. The van der Waals surface area contributed by atoms with E-state index >= 15 is 0 Å². The predicted molar refractivity (Wildman–Crippen MR) is 95.8 cm³/mol. The summed E-state index contributed by atoms with van der Waals surface area (Å²) in [6.45, 7) is 1.44. The first-order valence-electron chi connectivity index (χ1n) is 8.61. The maximum absolute atomic E-state index is 13.5. The number of halogens is 2. The summed E-state index contributed by atoms with van der Waals surface area (Å²) in [6, 6.07) is 8.01. The molecule has 3 nitrogen and oxygen atoms in total. The SMILES string of the molecule is O=C(CCCc1cccs1)NC1CNCCC1c1ccc(F)c(F)c1. The van der Waals surface area contributed by atoms with Crippen molar-refractivity contribution in [1.82, 2.24) is 10.6 Å². The van der Waals surface area contributed by atoms with Crippen molar-refractivity contribution < 1.29 is 13.6 Å². The number of thiophene rings is 1. The average molecular weight is 364 g/mol. The van der Waals surface area contributed by atoms with E-state index in [2.05, 4.69) is 16.7 Å². The second-order valence-electron chi connectivity index (χ2n) is 6.38. The third-order valence-corrected chi connectivity index (χ3v) is 5.54. The summed E-state index contributed by atoms with van der Waals surface area (Å²) >= 11 is 1.70. The van der Waals surface area contributed by atoms with E-state index in [4.69, 9.17) is 0 Å². The van der Waals surface area contributed by atoms with E-state index in [1.54, 1.807) is 17.4 Å². The van der Waals surface area contributed by atoms with E-state index in [1.165, 1.54) is 10.9 Å². The van der Waals surface area contributed by atoms with E-state index in [9.17, 15) is 13.6 Å². The van der Waals surface area contributed by atoms with Crippen LogP contribution in [0, 0.1) is 11.6 Å². The highest BCUT2D eigenvalue weighted by molar-refractivity contribution is 7.09. The van der Waals surface area contributed by atoms with Crippen molar-refractivity contribution in [1.29, 1.82) is 0 Å². The van der Waals surface area contributed by atoms with Crippen molar-refractivity contribution in [2.75, 3.05) is 13.1 Å². The first kappa shape index (κ1) is 18.0. The van der Waals surface area contributed by atoms with Gasteiger partial charge in [0.05, 0.1) is 0 Å². The van der Waals surface area contributed by atoms with Gasteiger partial charge in [0.25, 0.3) is 0 Å². The number of hydrogen-bond donors (Lipinski definition) is 2. The first-order chi connectivity index (χ1) is 12.1. The molecule has 1 saturated heterocycles. The number of hydrogen-bond acceptors (Lipinski definition) is 3. The number of carbonyl (C=O) groups is 1. The number of aryl methyl sites for hydroxylation is 1. The zero-order valence-corrected chi connectivity index (χ0v) is 14.8. The third kappa shape index (κ3) is 4.86. The standard InChI is InChI=1S/C19H22F2N2OS/c20-16-7-6-13(11-17(16)21)15-8-9-22-12-18(15)23-19(24)5-1-3-14-4-2-10-25-14/h2,4,6-7,10-11,15,18,22H,1,3,5,8-9,12H2,(H,23,24). The Morgan fingerprint density at radius 2 is 2.16 bits per heavy atom. The minimum Gasteiger partial charge on any atom is -0.351 e. The van der Waals surface area contributed by atoms with Gasteiger partial charge in [0.2, 0.25) is 5.91 Å². The highest BCUT2D eigenvalue weighted by Gasteiger charge is 2.28. The molecule has 134 valence electrons. The van der Waals surface area contributed by atoms with Crippen LogP contribution in [0.2, 0.25) is 0 Å². The molecule has 1 amide bonds. The van der Waals surface area contributed by atoms with Crippen LogP contribution in [0.15, 0.2) is 35.7 Å². The lowest BCUT2D eigenvalue weighted by atomic mass is 9.86. The van der Waals surface area contributed by atoms with Gasteiger partial charge in [-0.15, -0.1) is 11.3 Å². The molecular weight excluding hydrogens is 342 g/mol. The number of carbonyl (C=O) groups excluding carboxylic acids is 1. The summed E-state index contributed by atoms with van der Waals surface area (Å²) in [6.07, 6.45) is 2.97. The van der Waals surface area contributed by atoms with E-state index < -0.39 is 11.6 Å². The molecule has 0 spiro atoms. The lowest BCUT2D eigenvalue weighted by Gasteiger charge is -2.33. The second-order valence-corrected chi connectivity index (χ2v) is 7.41. The Kier molecular flexibility index (Phi) is 6.15. The van der Waals surface area contributed by atoms with Crippen LogP contribution < -0.4 is 10.6 Å². The molecule has 2 heterocycles. The minimum absolute atomic E-state index is 0.00223. The van der Waals surface area contributed by atoms with Crippen molar-refractivity contribution in [3.63, 3.8) is 0 Å². The Labute approximate surface area is 150 Å². The summed E-state index contributed by atoms with van der Waals surface area (Å²) < 4.78 is 26.7. The zero-order valence-electron chi connectivity index (χ0n) is 13.9. The van der Waals surface area contributed by atoms with Gasteiger partial charge in [-0.3, -0.25) is 4.79 Å². The molecule has 2 unspecified atom stereocenters. The Morgan fingerprint density at radius 1 is 1.28 bits per heavy atom. The topological polar surface area (TPSA) is 41.1 Å². The molecular formula is C19H22F2N2OS. The maximum atomic E-state index is 13.5. The molecule has 2 aromatic rings. The van der Waals surface area contributed by atoms with Gasteiger partial charge in [-0.05, 0) is 54.9 Å². The average Bonchev–Trinajstić information content (AvgIpc) is 3.11. The molecule has 3 rings (SSSR count). The number of amides is 1. The van der Waals surface area contributed by atoms with E-state index in [1.807, 2.05) is 11.4 Å². The molecule has 2 atom stereocenters. The summed E-state index contributed by atoms with van der Waals surface area (Å²) in [4.78, 5) is 13.6. The molecule has 1 aliphatic heterocycles. The van der Waals surface area contributed by atoms with Gasteiger partial charge in [-0.25, -0.2) is 8.78 Å². The molecule has 6 heteroatoms. The Bertz CT molecular complexity index is 705. The number of rotatable bonds is 6. The van der Waals surface area contributed by atoms with Crippen molar-refractivity contribution in [2.45, 2.75) is 37.6 Å². The zero-order chi connectivity index (χ0) is 17.6. The van der Waals surface area contributed by atoms with E-state index in [0.717, 1.165) is 37.4 Å². The fraction of sp³-hybridized carbons (Fsp3) is 0.421. The van der Waals surface area contributed by atoms with Crippen LogP contribution in [0.4, 0.5) is 8.78 Å². The fourth-order valence-electron chi connectivity index (χ4n) is 3.31. The largest absolute Gasteiger partial charge is 0.351 e. The van der Waals surface area contributed by atoms with Crippen LogP contribution in [-0.4, -0.2) is 25.0 Å². The summed E-state index contributed by atoms with van der Waals surface area (Å²) in [5.41, 5.74) is 0.740. The summed E-state index contributed by atoms with van der Waals surface area (Å²) in [5, 5.41) is 8.37. The fourth-order valence-corrected chi connectivity index (χ4v) is 4.06. The van der Waals surface area contributed by atoms with Crippen LogP contribution in [0.5, 0.6) is 0 Å². The molecule has 1 aliphatic rings. The van der Waals surface area contributed by atoms with Gasteiger partial charge in [0.15, 0.2) is 11.6 Å². The van der Waals surface area contributed by atoms with Crippen molar-refractivity contribution in [3.8, 4) is 0 Å². The highest BCUT2D eigenvalue weighted by atomic mass is 32.1. The monoisotopic (exact) mass is 364 g/mol. The quantitative estimate of drug-likeness (QED) is 0.822. The molecule has 0 bridgehead atoms.